The van der Waals surface area contributed by atoms with Gasteiger partial charge >= 0.3 is 5.97 Å². The van der Waals surface area contributed by atoms with Crippen molar-refractivity contribution in [3.63, 3.8) is 0 Å². The number of hydrogen-bond donors (Lipinski definition) is 2. The Bertz CT molecular complexity index is 518. The van der Waals surface area contributed by atoms with Gasteiger partial charge in [-0.3, -0.25) is 9.00 Å². The molecule has 1 rings (SSSR count). The average molecular weight is 304 g/mol. The van der Waals surface area contributed by atoms with Gasteiger partial charge in [0.1, 0.15) is 5.75 Å². The van der Waals surface area contributed by atoms with Crippen molar-refractivity contribution in [1.29, 1.82) is 0 Å². The predicted octanol–water partition coefficient (Wildman–Crippen LogP) is 1.67. The van der Waals surface area contributed by atoms with E-state index in [4.69, 9.17) is 16.7 Å². The molecule has 19 heavy (non-hydrogen) atoms. The van der Waals surface area contributed by atoms with Gasteiger partial charge in [0.05, 0.1) is 21.4 Å². The molecule has 0 bridgehead atoms. The number of carbonyl (C=O) groups is 2. The molecule has 0 aliphatic carbocycles. The first-order valence-electron chi connectivity index (χ1n) is 5.63. The highest BCUT2D eigenvalue weighted by Crippen LogP contribution is 2.19. The van der Waals surface area contributed by atoms with Crippen LogP contribution < -0.4 is 5.32 Å². The lowest BCUT2D eigenvalue weighted by atomic mass is 10.2. The third-order valence-electron chi connectivity index (χ3n) is 2.27. The van der Waals surface area contributed by atoms with Crippen LogP contribution >= 0.6 is 11.6 Å². The molecule has 0 saturated carbocycles. The molecule has 0 radical (unpaired) electrons. The summed E-state index contributed by atoms with van der Waals surface area (Å²) in [6, 6.07) is 4.05. The Hall–Kier alpha value is -1.40. The smallest absolute Gasteiger partial charge is 0.337 e. The Labute approximate surface area is 118 Å². The van der Waals surface area contributed by atoms with Gasteiger partial charge in [0.2, 0.25) is 5.91 Å². The second-order valence-corrected chi connectivity index (χ2v) is 5.64. The second kappa shape index (κ2) is 7.25. The minimum Gasteiger partial charge on any atom is -0.478 e. The number of nitrogens with one attached hydrogen (secondary N) is 1. The molecule has 0 saturated heterocycles. The van der Waals surface area contributed by atoms with Crippen LogP contribution in [0.2, 0.25) is 5.02 Å². The Morgan fingerprint density at radius 3 is 2.68 bits per heavy atom. The Morgan fingerprint density at radius 1 is 1.42 bits per heavy atom. The highest BCUT2D eigenvalue weighted by Gasteiger charge is 2.14. The van der Waals surface area contributed by atoms with Gasteiger partial charge in [-0.2, -0.15) is 0 Å². The number of benzene rings is 1. The molecule has 0 aliphatic rings. The van der Waals surface area contributed by atoms with Crippen molar-refractivity contribution in [2.75, 3.05) is 12.3 Å². The number of hydrogen-bond acceptors (Lipinski definition) is 3. The molecule has 7 heteroatoms. The summed E-state index contributed by atoms with van der Waals surface area (Å²) in [4.78, 5) is 22.6. The first-order chi connectivity index (χ1) is 8.95. The van der Waals surface area contributed by atoms with E-state index >= 15 is 0 Å². The number of carbonyl (C=O) groups excluding carboxylic acids is 1. The van der Waals surface area contributed by atoms with Crippen molar-refractivity contribution in [2.45, 2.75) is 18.2 Å². The highest BCUT2D eigenvalue weighted by molar-refractivity contribution is 7.85. The Morgan fingerprint density at radius 2 is 2.11 bits per heavy atom. The van der Waals surface area contributed by atoms with Crippen LogP contribution in [0.1, 0.15) is 23.7 Å². The zero-order valence-electron chi connectivity index (χ0n) is 10.3. The van der Waals surface area contributed by atoms with Crippen molar-refractivity contribution in [3.8, 4) is 0 Å². The molecule has 2 N–H and O–H groups in total. The second-order valence-electron chi connectivity index (χ2n) is 3.79. The summed E-state index contributed by atoms with van der Waals surface area (Å²) in [6.45, 7) is 2.44. The van der Waals surface area contributed by atoms with Gasteiger partial charge in [-0.05, 0) is 24.6 Å². The van der Waals surface area contributed by atoms with Crippen molar-refractivity contribution in [2.24, 2.45) is 0 Å². The van der Waals surface area contributed by atoms with Crippen molar-refractivity contribution in [3.05, 3.63) is 28.8 Å². The third kappa shape index (κ3) is 4.65. The summed E-state index contributed by atoms with van der Waals surface area (Å²) < 4.78 is 11.9. The molecule has 1 aromatic rings. The molecule has 104 valence electrons. The molecule has 1 unspecified atom stereocenters. The van der Waals surface area contributed by atoms with E-state index in [0.717, 1.165) is 6.42 Å². The Balaban J connectivity index is 2.80. The Kier molecular flexibility index (Phi) is 5.98. The van der Waals surface area contributed by atoms with E-state index < -0.39 is 16.8 Å². The lowest BCUT2D eigenvalue weighted by Gasteiger charge is -2.05. The number of amides is 1. The van der Waals surface area contributed by atoms with Gasteiger partial charge in [0, 0.05) is 11.4 Å². The van der Waals surface area contributed by atoms with Crippen LogP contribution in [0.3, 0.4) is 0 Å². The summed E-state index contributed by atoms with van der Waals surface area (Å²) in [6.07, 6.45) is 0.794. The summed E-state index contributed by atoms with van der Waals surface area (Å²) in [5.41, 5.74) is -0.124. The SMILES string of the molecule is CCCNC(=O)CS(=O)c1ccc(Cl)c(C(=O)O)c1. The number of halogens is 1. The molecule has 1 atom stereocenters. The van der Waals surface area contributed by atoms with E-state index in [2.05, 4.69) is 5.32 Å². The lowest BCUT2D eigenvalue weighted by Crippen LogP contribution is -2.28. The van der Waals surface area contributed by atoms with Crippen LogP contribution in [0.25, 0.3) is 0 Å². The normalized spacial score (nSPS) is 11.9. The maximum atomic E-state index is 11.9. The molecular formula is C12H14ClNO4S. The van der Waals surface area contributed by atoms with Crippen LogP contribution in [-0.2, 0) is 15.6 Å². The maximum Gasteiger partial charge on any atom is 0.337 e. The van der Waals surface area contributed by atoms with Gasteiger partial charge in [-0.15, -0.1) is 0 Å². The quantitative estimate of drug-likeness (QED) is 0.837. The zero-order valence-corrected chi connectivity index (χ0v) is 11.9. The van der Waals surface area contributed by atoms with Crippen LogP contribution in [0.5, 0.6) is 0 Å². The molecule has 5 nitrogen and oxygen atoms in total. The van der Waals surface area contributed by atoms with E-state index in [0.29, 0.717) is 6.54 Å². The first-order valence-corrected chi connectivity index (χ1v) is 7.33. The molecule has 0 aromatic heterocycles. The standard InChI is InChI=1S/C12H14ClNO4S/c1-2-5-14-11(15)7-19(18)8-3-4-10(13)9(6-8)12(16)17/h3-4,6H,2,5,7H2,1H3,(H,14,15)(H,16,17). The van der Waals surface area contributed by atoms with E-state index in [1.807, 2.05) is 6.92 Å². The van der Waals surface area contributed by atoms with Gasteiger partial charge < -0.3 is 10.4 Å². The van der Waals surface area contributed by atoms with Crippen LogP contribution in [0.15, 0.2) is 23.1 Å². The predicted molar refractivity (Wildman–Crippen MR) is 73.0 cm³/mol. The van der Waals surface area contributed by atoms with Crippen LogP contribution in [-0.4, -0.2) is 33.5 Å². The van der Waals surface area contributed by atoms with Gasteiger partial charge in [-0.25, -0.2) is 4.79 Å². The molecule has 0 heterocycles. The summed E-state index contributed by atoms with van der Waals surface area (Å²) in [5.74, 6) is -1.72. The largest absolute Gasteiger partial charge is 0.478 e. The lowest BCUT2D eigenvalue weighted by molar-refractivity contribution is -0.118. The number of rotatable bonds is 6. The minimum absolute atomic E-state index is 0.0729. The van der Waals surface area contributed by atoms with E-state index in [9.17, 15) is 13.8 Å². The zero-order chi connectivity index (χ0) is 14.4. The average Bonchev–Trinajstić information content (AvgIpc) is 2.36. The maximum absolute atomic E-state index is 11.9. The number of carboxylic acid groups (broad SMARTS) is 1. The molecule has 0 spiro atoms. The number of carboxylic acids is 1. The summed E-state index contributed by atoms with van der Waals surface area (Å²) >= 11 is 5.71. The minimum atomic E-state index is -1.59. The third-order valence-corrected chi connectivity index (χ3v) is 3.90. The topological polar surface area (TPSA) is 83.5 Å². The molecular weight excluding hydrogens is 290 g/mol. The monoisotopic (exact) mass is 303 g/mol. The first kappa shape index (κ1) is 15.7. The van der Waals surface area contributed by atoms with E-state index in [1.54, 1.807) is 0 Å². The van der Waals surface area contributed by atoms with Gasteiger partial charge in [-0.1, -0.05) is 18.5 Å². The fourth-order valence-corrected chi connectivity index (χ4v) is 2.50. The summed E-state index contributed by atoms with van der Waals surface area (Å²) in [5, 5.41) is 11.6. The highest BCUT2D eigenvalue weighted by atomic mass is 35.5. The van der Waals surface area contributed by atoms with E-state index in [-0.39, 0.29) is 27.1 Å². The van der Waals surface area contributed by atoms with Crippen molar-refractivity contribution in [1.82, 2.24) is 5.32 Å². The molecule has 1 amide bonds. The van der Waals surface area contributed by atoms with Crippen molar-refractivity contribution >= 4 is 34.3 Å². The van der Waals surface area contributed by atoms with E-state index in [1.165, 1.54) is 18.2 Å². The van der Waals surface area contributed by atoms with Crippen LogP contribution in [0, 0.1) is 0 Å². The number of aromatic carboxylic acids is 1. The van der Waals surface area contributed by atoms with Crippen molar-refractivity contribution < 1.29 is 18.9 Å². The summed E-state index contributed by atoms with van der Waals surface area (Å²) in [7, 11) is -1.59. The van der Waals surface area contributed by atoms with Crippen LogP contribution in [0.4, 0.5) is 0 Å². The molecule has 1 aromatic carbocycles. The fraction of sp³-hybridized carbons (Fsp3) is 0.333. The molecule has 0 fully saturated rings. The molecule has 0 aliphatic heterocycles. The van der Waals surface area contributed by atoms with Gasteiger partial charge in [0.25, 0.3) is 0 Å². The van der Waals surface area contributed by atoms with Gasteiger partial charge in [0.15, 0.2) is 0 Å². The fourth-order valence-electron chi connectivity index (χ4n) is 1.33.